The number of hydrogen-bond acceptors (Lipinski definition) is 7. The van der Waals surface area contributed by atoms with Crippen LogP contribution in [-0.4, -0.2) is 97.8 Å². The Balaban J connectivity index is 1.26. The molecule has 1 aliphatic carbocycles. The van der Waals surface area contributed by atoms with Crippen LogP contribution in [0.15, 0.2) is 77.8 Å². The van der Waals surface area contributed by atoms with Gasteiger partial charge in [-0.3, -0.25) is 19.4 Å². The molecule has 2 aliphatic rings. The van der Waals surface area contributed by atoms with Gasteiger partial charge in [0.1, 0.15) is 11.6 Å². The van der Waals surface area contributed by atoms with Crippen molar-refractivity contribution in [3.63, 3.8) is 0 Å². The van der Waals surface area contributed by atoms with Crippen molar-refractivity contribution in [2.75, 3.05) is 52.1 Å². The van der Waals surface area contributed by atoms with Crippen LogP contribution in [0.2, 0.25) is 0 Å². The van der Waals surface area contributed by atoms with Crippen LogP contribution in [0.3, 0.4) is 0 Å². The Labute approximate surface area is 319 Å². The molecule has 1 aliphatic heterocycles. The van der Waals surface area contributed by atoms with Crippen LogP contribution >= 0.6 is 0 Å². The Morgan fingerprint density at radius 1 is 0.852 bits per heavy atom. The highest BCUT2D eigenvalue weighted by Crippen LogP contribution is 2.29. The molecule has 3 aromatic rings. The number of carbonyl (C=O) groups excluding carboxylic acids is 4. The van der Waals surface area contributed by atoms with Crippen LogP contribution in [0.5, 0.6) is 0 Å². The van der Waals surface area contributed by atoms with E-state index in [-0.39, 0.29) is 29.6 Å². The number of nitrogens with one attached hydrogen (secondary N) is 3. The van der Waals surface area contributed by atoms with Crippen molar-refractivity contribution in [3.05, 3.63) is 89.5 Å². The van der Waals surface area contributed by atoms with Gasteiger partial charge in [0.05, 0.1) is 0 Å². The van der Waals surface area contributed by atoms with Gasteiger partial charge in [-0.15, -0.1) is 0 Å². The molecule has 5 rings (SSSR count). The molecule has 288 valence electrons. The number of amides is 4. The highest BCUT2D eigenvalue weighted by molar-refractivity contribution is 6.00. The lowest BCUT2D eigenvalue weighted by molar-refractivity contribution is -0.130. The third-order valence-electron chi connectivity index (χ3n) is 10.3. The van der Waals surface area contributed by atoms with E-state index in [4.69, 9.17) is 4.74 Å². The molecule has 1 saturated heterocycles. The Kier molecular flexibility index (Phi) is 13.6. The molecule has 2 fully saturated rings. The number of anilines is 1. The number of nitrogens with zero attached hydrogens (tertiary/aromatic N) is 3. The van der Waals surface area contributed by atoms with E-state index in [2.05, 4.69) is 32.9 Å². The lowest BCUT2D eigenvalue weighted by Gasteiger charge is -2.32. The Hall–Kier alpha value is -5.03. The van der Waals surface area contributed by atoms with Crippen LogP contribution < -0.4 is 16.0 Å². The van der Waals surface area contributed by atoms with Gasteiger partial charge in [-0.05, 0) is 113 Å². The van der Waals surface area contributed by atoms with Gasteiger partial charge in [0.25, 0.3) is 5.91 Å². The Morgan fingerprint density at radius 3 is 2.13 bits per heavy atom. The van der Waals surface area contributed by atoms with E-state index in [9.17, 15) is 19.2 Å². The summed E-state index contributed by atoms with van der Waals surface area (Å²) in [7, 11) is 3.81. The van der Waals surface area contributed by atoms with E-state index in [1.165, 1.54) is 0 Å². The topological polar surface area (TPSA) is 132 Å². The van der Waals surface area contributed by atoms with Gasteiger partial charge in [-0.2, -0.15) is 0 Å². The third-order valence-corrected chi connectivity index (χ3v) is 10.3. The molecule has 4 amide bonds. The van der Waals surface area contributed by atoms with Crippen molar-refractivity contribution in [2.24, 2.45) is 16.8 Å². The quantitative estimate of drug-likeness (QED) is 0.202. The van der Waals surface area contributed by atoms with E-state index >= 15 is 0 Å². The lowest BCUT2D eigenvalue weighted by Crippen LogP contribution is -2.48. The maximum absolute atomic E-state index is 13.9. The number of benzene rings is 3. The van der Waals surface area contributed by atoms with Gasteiger partial charge in [0, 0.05) is 69.1 Å². The van der Waals surface area contributed by atoms with Crippen LogP contribution in [0.4, 0.5) is 10.5 Å². The zero-order valence-corrected chi connectivity index (χ0v) is 32.6. The van der Waals surface area contributed by atoms with Gasteiger partial charge in [-0.1, -0.05) is 48.5 Å². The standard InChI is InChI=1S/C43H56N6O5/c1-29(44-5)32-18-20-37(21-19-32)46-40(51)38(47-39(50)34-12-10-30(11-13-34)28-45-42(53)54-43(2,3)4)27-31-8-7-9-36(26-31)33-14-16-35(17-15-33)41(52)49-24-22-48(6)23-25-49/h7-9,14-21,26,30,34,38H,10-13,22-25,27-28H2,1-6H3,(H,45,53)(H,46,51)(H,47,50)/t30?,34?,38-/m0/s1. The molecule has 0 unspecified atom stereocenters. The SMILES string of the molecule is CN=C(C)c1ccc(NC(=O)[C@H](Cc2cccc(-c3ccc(C(=O)N4CCN(C)CC4)cc3)c2)NC(=O)C2CCC(CNC(=O)OC(C)(C)C)CC2)cc1. The minimum Gasteiger partial charge on any atom is -0.444 e. The zero-order valence-electron chi connectivity index (χ0n) is 32.6. The van der Waals surface area contributed by atoms with Crippen LogP contribution in [0.25, 0.3) is 11.1 Å². The summed E-state index contributed by atoms with van der Waals surface area (Å²) in [6.45, 7) is 11.1. The highest BCUT2D eigenvalue weighted by atomic mass is 16.6. The largest absolute Gasteiger partial charge is 0.444 e. The summed E-state index contributed by atoms with van der Waals surface area (Å²) in [5.74, 6) is -0.374. The first-order valence-corrected chi connectivity index (χ1v) is 19.1. The van der Waals surface area contributed by atoms with Crippen molar-refractivity contribution >= 4 is 35.2 Å². The molecule has 1 saturated carbocycles. The second-order valence-electron chi connectivity index (χ2n) is 15.6. The van der Waals surface area contributed by atoms with Gasteiger partial charge < -0.3 is 30.5 Å². The molecule has 54 heavy (non-hydrogen) atoms. The molecule has 3 N–H and O–H groups in total. The van der Waals surface area contributed by atoms with Crippen molar-refractivity contribution in [1.29, 1.82) is 0 Å². The smallest absolute Gasteiger partial charge is 0.407 e. The number of hydrogen-bond donors (Lipinski definition) is 3. The molecule has 0 aromatic heterocycles. The number of rotatable bonds is 11. The van der Waals surface area contributed by atoms with Crippen molar-refractivity contribution in [3.8, 4) is 11.1 Å². The summed E-state index contributed by atoms with van der Waals surface area (Å²) in [5, 5.41) is 8.97. The van der Waals surface area contributed by atoms with E-state index in [1.54, 1.807) is 7.05 Å². The Morgan fingerprint density at radius 2 is 1.50 bits per heavy atom. The summed E-state index contributed by atoms with van der Waals surface area (Å²) in [6, 6.07) is 22.3. The summed E-state index contributed by atoms with van der Waals surface area (Å²) in [5.41, 5.74) is 5.40. The summed E-state index contributed by atoms with van der Waals surface area (Å²) >= 11 is 0. The normalized spacial score (nSPS) is 18.7. The average Bonchev–Trinajstić information content (AvgIpc) is 3.16. The molecule has 11 nitrogen and oxygen atoms in total. The fraction of sp³-hybridized carbons (Fsp3) is 0.465. The molecule has 0 radical (unpaired) electrons. The number of ether oxygens (including phenoxy) is 1. The maximum Gasteiger partial charge on any atom is 0.407 e. The van der Waals surface area contributed by atoms with E-state index in [0.717, 1.165) is 67.0 Å². The number of piperazine rings is 1. The molecular weight excluding hydrogens is 681 g/mol. The molecule has 1 heterocycles. The number of likely N-dealkylation sites (N-methyl/N-ethyl adjacent to an activating group) is 1. The molecule has 11 heteroatoms. The third kappa shape index (κ3) is 11.5. The number of aliphatic imine (C=N–C) groups is 1. The molecule has 0 bridgehead atoms. The maximum atomic E-state index is 13.9. The van der Waals surface area contributed by atoms with Crippen molar-refractivity contribution < 1.29 is 23.9 Å². The van der Waals surface area contributed by atoms with E-state index in [1.807, 2.05) is 105 Å². The first kappa shape index (κ1) is 40.2. The molecular formula is C43H56N6O5. The minimum absolute atomic E-state index is 0.0437. The lowest BCUT2D eigenvalue weighted by atomic mass is 9.81. The van der Waals surface area contributed by atoms with Gasteiger partial charge >= 0.3 is 6.09 Å². The van der Waals surface area contributed by atoms with Crippen LogP contribution in [0, 0.1) is 11.8 Å². The minimum atomic E-state index is -0.818. The van der Waals surface area contributed by atoms with Crippen LogP contribution in [0.1, 0.15) is 74.9 Å². The summed E-state index contributed by atoms with van der Waals surface area (Å²) < 4.78 is 5.36. The predicted molar refractivity (Wildman–Crippen MR) is 214 cm³/mol. The van der Waals surface area contributed by atoms with Crippen LogP contribution in [-0.2, 0) is 20.7 Å². The monoisotopic (exact) mass is 736 g/mol. The fourth-order valence-corrected chi connectivity index (χ4v) is 6.93. The van der Waals surface area contributed by atoms with Crippen molar-refractivity contribution in [2.45, 2.75) is 71.4 Å². The predicted octanol–water partition coefficient (Wildman–Crippen LogP) is 6.18. The molecule has 1 atom stereocenters. The van der Waals surface area contributed by atoms with Gasteiger partial charge in [0.2, 0.25) is 11.8 Å². The van der Waals surface area contributed by atoms with Gasteiger partial charge in [0.15, 0.2) is 0 Å². The number of alkyl carbamates (subject to hydrolysis) is 1. The fourth-order valence-electron chi connectivity index (χ4n) is 6.93. The summed E-state index contributed by atoms with van der Waals surface area (Å²) in [4.78, 5) is 61.2. The number of carbonyl (C=O) groups is 4. The van der Waals surface area contributed by atoms with E-state index < -0.39 is 17.7 Å². The van der Waals surface area contributed by atoms with Gasteiger partial charge in [-0.25, -0.2) is 4.79 Å². The Bertz CT molecular complexity index is 1780. The zero-order chi connectivity index (χ0) is 38.8. The highest BCUT2D eigenvalue weighted by Gasteiger charge is 2.30. The second-order valence-corrected chi connectivity index (χ2v) is 15.6. The average molecular weight is 737 g/mol. The molecule has 3 aromatic carbocycles. The second kappa shape index (κ2) is 18.3. The molecule has 0 spiro atoms. The van der Waals surface area contributed by atoms with E-state index in [0.29, 0.717) is 37.1 Å². The van der Waals surface area contributed by atoms with Crippen molar-refractivity contribution in [1.82, 2.24) is 20.4 Å². The first-order chi connectivity index (χ1) is 25.8. The summed E-state index contributed by atoms with van der Waals surface area (Å²) in [6.07, 6.45) is 2.78. The first-order valence-electron chi connectivity index (χ1n) is 19.1.